The van der Waals surface area contributed by atoms with E-state index in [9.17, 15) is 0 Å². The molecule has 3 nitrogen and oxygen atoms in total. The molecule has 1 fully saturated rings. The monoisotopic (exact) mass is 152 g/mol. The van der Waals surface area contributed by atoms with Crippen LogP contribution in [0.5, 0.6) is 0 Å². The first-order valence-corrected chi connectivity index (χ1v) is 3.82. The van der Waals surface area contributed by atoms with Crippen LogP contribution in [-0.2, 0) is 11.8 Å². The zero-order valence-corrected chi connectivity index (χ0v) is 7.09. The normalized spacial score (nSPS) is 22.3. The first kappa shape index (κ1) is 6.85. The van der Waals surface area contributed by atoms with Crippen LogP contribution in [0.4, 0.5) is 0 Å². The van der Waals surface area contributed by atoms with E-state index < -0.39 is 0 Å². The van der Waals surface area contributed by atoms with Crippen LogP contribution in [0.2, 0.25) is 0 Å². The second-order valence-corrected chi connectivity index (χ2v) is 3.03. The largest absolute Gasteiger partial charge is 0.368 e. The molecule has 0 N–H and O–H groups in total. The van der Waals surface area contributed by atoms with Gasteiger partial charge in [-0.1, -0.05) is 0 Å². The summed E-state index contributed by atoms with van der Waals surface area (Å²) in [6.45, 7) is 4.98. The summed E-state index contributed by atoms with van der Waals surface area (Å²) in [6.07, 6.45) is 0.337. The van der Waals surface area contributed by atoms with Crippen LogP contribution in [0.3, 0.4) is 0 Å². The summed E-state index contributed by atoms with van der Waals surface area (Å²) in [4.78, 5) is 0. The quantitative estimate of drug-likeness (QED) is 0.564. The van der Waals surface area contributed by atoms with Crippen molar-refractivity contribution in [2.45, 2.75) is 20.0 Å². The zero-order valence-electron chi connectivity index (χ0n) is 7.09. The molecule has 1 aliphatic rings. The molecule has 0 amide bonds. The van der Waals surface area contributed by atoms with Crippen molar-refractivity contribution in [1.82, 2.24) is 9.78 Å². The van der Waals surface area contributed by atoms with Crippen molar-refractivity contribution in [1.29, 1.82) is 0 Å². The zero-order chi connectivity index (χ0) is 8.01. The Labute approximate surface area is 66.0 Å². The van der Waals surface area contributed by atoms with Crippen molar-refractivity contribution in [2.24, 2.45) is 7.05 Å². The van der Waals surface area contributed by atoms with Gasteiger partial charge in [-0.05, 0) is 13.8 Å². The highest BCUT2D eigenvalue weighted by Crippen LogP contribution is 2.33. The smallest absolute Gasteiger partial charge is 0.110 e. The molecule has 0 saturated carbocycles. The van der Waals surface area contributed by atoms with Crippen LogP contribution in [0.25, 0.3) is 0 Å². The Bertz CT molecular complexity index is 287. The Morgan fingerprint density at radius 2 is 2.18 bits per heavy atom. The lowest BCUT2D eigenvalue weighted by atomic mass is 10.1. The average Bonchev–Trinajstić information content (AvgIpc) is 2.68. The fourth-order valence-electron chi connectivity index (χ4n) is 1.47. The van der Waals surface area contributed by atoms with Gasteiger partial charge in [-0.3, -0.25) is 4.68 Å². The summed E-state index contributed by atoms with van der Waals surface area (Å²) in [6, 6.07) is 0. The number of hydrogen-bond acceptors (Lipinski definition) is 2. The van der Waals surface area contributed by atoms with Gasteiger partial charge in [-0.2, -0.15) is 5.10 Å². The van der Waals surface area contributed by atoms with Crippen molar-refractivity contribution in [3.63, 3.8) is 0 Å². The van der Waals surface area contributed by atoms with Gasteiger partial charge in [0.1, 0.15) is 6.10 Å². The molecule has 1 aromatic rings. The number of aryl methyl sites for hydroxylation is 2. The Morgan fingerprint density at radius 3 is 2.55 bits per heavy atom. The molecule has 60 valence electrons. The lowest BCUT2D eigenvalue weighted by Gasteiger charge is -1.94. The first-order valence-electron chi connectivity index (χ1n) is 3.82. The Kier molecular flexibility index (Phi) is 1.29. The number of nitrogens with zero attached hydrogens (tertiary/aromatic N) is 2. The SMILES string of the molecule is Cc1nn(C)c(C)c1[C@H]1CO1. The van der Waals surface area contributed by atoms with E-state index in [1.807, 2.05) is 18.7 Å². The number of rotatable bonds is 1. The lowest BCUT2D eigenvalue weighted by Crippen LogP contribution is -1.93. The molecule has 3 heteroatoms. The molecule has 0 aliphatic carbocycles. The van der Waals surface area contributed by atoms with Gasteiger partial charge in [0.2, 0.25) is 0 Å². The topological polar surface area (TPSA) is 30.4 Å². The molecule has 0 bridgehead atoms. The van der Waals surface area contributed by atoms with Crippen LogP contribution in [0.1, 0.15) is 23.1 Å². The van der Waals surface area contributed by atoms with Crippen molar-refractivity contribution < 1.29 is 4.74 Å². The summed E-state index contributed by atoms with van der Waals surface area (Å²) >= 11 is 0. The highest BCUT2D eigenvalue weighted by atomic mass is 16.6. The van der Waals surface area contributed by atoms with Gasteiger partial charge in [0.25, 0.3) is 0 Å². The predicted octanol–water partition coefficient (Wildman–Crippen LogP) is 1.11. The van der Waals surface area contributed by atoms with Gasteiger partial charge in [0, 0.05) is 18.3 Å². The summed E-state index contributed by atoms with van der Waals surface area (Å²) in [5.41, 5.74) is 3.62. The van der Waals surface area contributed by atoms with Crippen molar-refractivity contribution in [3.05, 3.63) is 17.0 Å². The second-order valence-electron chi connectivity index (χ2n) is 3.03. The first-order chi connectivity index (χ1) is 5.20. The minimum Gasteiger partial charge on any atom is -0.368 e. The van der Waals surface area contributed by atoms with E-state index in [-0.39, 0.29) is 0 Å². The number of aromatic nitrogens is 2. The molecule has 11 heavy (non-hydrogen) atoms. The van der Waals surface area contributed by atoms with Crippen molar-refractivity contribution in [3.8, 4) is 0 Å². The maximum Gasteiger partial charge on any atom is 0.110 e. The van der Waals surface area contributed by atoms with E-state index in [1.165, 1.54) is 11.3 Å². The molecule has 1 atom stereocenters. The molecular weight excluding hydrogens is 140 g/mol. The summed E-state index contributed by atoms with van der Waals surface area (Å²) in [5.74, 6) is 0. The maximum absolute atomic E-state index is 5.22. The summed E-state index contributed by atoms with van der Waals surface area (Å²) in [7, 11) is 1.97. The molecule has 0 radical (unpaired) electrons. The highest BCUT2D eigenvalue weighted by Gasteiger charge is 2.30. The number of hydrogen-bond donors (Lipinski definition) is 0. The fourth-order valence-corrected chi connectivity index (χ4v) is 1.47. The van der Waals surface area contributed by atoms with Gasteiger partial charge in [-0.15, -0.1) is 0 Å². The standard InChI is InChI=1S/C8H12N2O/c1-5-8(7-4-11-7)6(2)10(3)9-5/h7H,4H2,1-3H3/t7-/m1/s1. The van der Waals surface area contributed by atoms with Gasteiger partial charge in [0.15, 0.2) is 0 Å². The fraction of sp³-hybridized carbons (Fsp3) is 0.625. The molecule has 2 rings (SSSR count). The molecule has 1 saturated heterocycles. The van der Waals surface area contributed by atoms with E-state index >= 15 is 0 Å². The van der Waals surface area contributed by atoms with Crippen LogP contribution in [0, 0.1) is 13.8 Å². The van der Waals surface area contributed by atoms with Crippen LogP contribution in [0.15, 0.2) is 0 Å². The summed E-state index contributed by atoms with van der Waals surface area (Å²) < 4.78 is 7.13. The molecule has 0 spiro atoms. The van der Waals surface area contributed by atoms with Gasteiger partial charge in [0.05, 0.1) is 12.3 Å². The van der Waals surface area contributed by atoms with E-state index in [2.05, 4.69) is 12.0 Å². The van der Waals surface area contributed by atoms with Gasteiger partial charge < -0.3 is 4.74 Å². The average molecular weight is 152 g/mol. The Morgan fingerprint density at radius 1 is 1.55 bits per heavy atom. The third kappa shape index (κ3) is 0.959. The molecule has 1 aromatic heterocycles. The minimum absolute atomic E-state index is 0.337. The molecular formula is C8H12N2O. The second kappa shape index (κ2) is 2.08. The highest BCUT2D eigenvalue weighted by molar-refractivity contribution is 5.29. The Hall–Kier alpha value is -0.830. The minimum atomic E-state index is 0.337. The van der Waals surface area contributed by atoms with E-state index in [4.69, 9.17) is 4.74 Å². The molecule has 1 aliphatic heterocycles. The predicted molar refractivity (Wildman–Crippen MR) is 41.4 cm³/mol. The number of ether oxygens (including phenoxy) is 1. The third-order valence-electron chi connectivity index (χ3n) is 2.22. The van der Waals surface area contributed by atoms with Gasteiger partial charge in [-0.25, -0.2) is 0 Å². The molecule has 0 aromatic carbocycles. The molecule has 2 heterocycles. The van der Waals surface area contributed by atoms with E-state index in [0.717, 1.165) is 12.3 Å². The van der Waals surface area contributed by atoms with Crippen LogP contribution >= 0.6 is 0 Å². The lowest BCUT2D eigenvalue weighted by molar-refractivity contribution is 0.414. The van der Waals surface area contributed by atoms with Gasteiger partial charge >= 0.3 is 0 Å². The summed E-state index contributed by atoms with van der Waals surface area (Å²) in [5, 5.41) is 4.31. The molecule has 0 unspecified atom stereocenters. The van der Waals surface area contributed by atoms with E-state index in [0.29, 0.717) is 6.10 Å². The number of epoxide rings is 1. The van der Waals surface area contributed by atoms with E-state index in [1.54, 1.807) is 0 Å². The maximum atomic E-state index is 5.22. The van der Waals surface area contributed by atoms with Crippen molar-refractivity contribution in [2.75, 3.05) is 6.61 Å². The van der Waals surface area contributed by atoms with Crippen molar-refractivity contribution >= 4 is 0 Å². The third-order valence-corrected chi connectivity index (χ3v) is 2.22. The Balaban J connectivity index is 2.50. The van der Waals surface area contributed by atoms with Crippen LogP contribution < -0.4 is 0 Å². The van der Waals surface area contributed by atoms with Crippen LogP contribution in [-0.4, -0.2) is 16.4 Å².